The van der Waals surface area contributed by atoms with Crippen LogP contribution >= 0.6 is 11.6 Å². The summed E-state index contributed by atoms with van der Waals surface area (Å²) in [6.07, 6.45) is -3.63. The van der Waals surface area contributed by atoms with Crippen molar-refractivity contribution in [1.82, 2.24) is 24.4 Å². The Morgan fingerprint density at radius 1 is 1.21 bits per heavy atom. The van der Waals surface area contributed by atoms with E-state index < -0.39 is 54.6 Å². The fourth-order valence-electron chi connectivity index (χ4n) is 5.16. The number of aliphatic hydroxyl groups excluding tert-OH is 1. The molecule has 2 aromatic heterocycles. The number of aliphatic carboxylic acids is 2. The van der Waals surface area contributed by atoms with Gasteiger partial charge in [0, 0.05) is 25.2 Å². The summed E-state index contributed by atoms with van der Waals surface area (Å²) in [7, 11) is 1.84. The van der Waals surface area contributed by atoms with Crippen LogP contribution < -0.4 is 10.6 Å². The molecule has 43 heavy (non-hydrogen) atoms. The Kier molecular flexibility index (Phi) is 8.02. The van der Waals surface area contributed by atoms with Gasteiger partial charge in [0.2, 0.25) is 11.2 Å². The van der Waals surface area contributed by atoms with E-state index in [2.05, 4.69) is 15.0 Å². The van der Waals surface area contributed by atoms with Crippen LogP contribution in [0.25, 0.3) is 11.2 Å². The first-order valence-corrected chi connectivity index (χ1v) is 13.5. The highest BCUT2D eigenvalue weighted by atomic mass is 35.5. The minimum atomic E-state index is -2.77. The monoisotopic (exact) mass is 619 g/mol. The number of anilines is 2. The summed E-state index contributed by atoms with van der Waals surface area (Å²) >= 11 is 5.92. The predicted octanol–water partition coefficient (Wildman–Crippen LogP) is -0.483. The lowest BCUT2D eigenvalue weighted by Crippen LogP contribution is -2.54. The summed E-state index contributed by atoms with van der Waals surface area (Å²) < 4.78 is 12.7. The summed E-state index contributed by atoms with van der Waals surface area (Å²) in [4.78, 5) is 52.6. The van der Waals surface area contributed by atoms with Crippen molar-refractivity contribution < 1.29 is 44.3 Å². The standard InChI is InChI=1S/C26H30ClN7O9/c1-25(41)15(43-21(18(25)36)34-12-29-17-19(28)30-24(27)31-20(17)34)11-42-26(22(37)38,23(39)40)9-13-3-5-14(6-4-13)33-8-7-32(2)10-16(33)35/h3-6,12,15,18,21,36,41H,7-11H2,1-2H3,(H,37,38)(H,39,40)(H2,28,30,31)/t15-,18+,21-,25-/m1/s1. The van der Waals surface area contributed by atoms with Gasteiger partial charge in [0.1, 0.15) is 23.3 Å². The number of hydrogen-bond acceptors (Lipinski definition) is 12. The summed E-state index contributed by atoms with van der Waals surface area (Å²) in [5, 5.41) is 42.0. The first-order chi connectivity index (χ1) is 20.2. The molecular weight excluding hydrogens is 590 g/mol. The van der Waals surface area contributed by atoms with Gasteiger partial charge < -0.3 is 40.5 Å². The Morgan fingerprint density at radius 3 is 2.51 bits per heavy atom. The average molecular weight is 620 g/mol. The van der Waals surface area contributed by atoms with Gasteiger partial charge in [-0.15, -0.1) is 0 Å². The third-order valence-electron chi connectivity index (χ3n) is 7.80. The van der Waals surface area contributed by atoms with E-state index in [1.165, 1.54) is 30.0 Å². The van der Waals surface area contributed by atoms with Crippen LogP contribution in [0.1, 0.15) is 18.7 Å². The van der Waals surface area contributed by atoms with Gasteiger partial charge >= 0.3 is 11.9 Å². The van der Waals surface area contributed by atoms with E-state index in [4.69, 9.17) is 26.8 Å². The Morgan fingerprint density at radius 2 is 1.88 bits per heavy atom. The van der Waals surface area contributed by atoms with Crippen LogP contribution in [0.4, 0.5) is 11.5 Å². The zero-order valence-corrected chi connectivity index (χ0v) is 23.9. The molecule has 0 saturated carbocycles. The molecule has 230 valence electrons. The van der Waals surface area contributed by atoms with Crippen molar-refractivity contribution in [3.63, 3.8) is 0 Å². The van der Waals surface area contributed by atoms with E-state index in [-0.39, 0.29) is 34.7 Å². The van der Waals surface area contributed by atoms with E-state index in [1.807, 2.05) is 11.9 Å². The SMILES string of the molecule is CN1CCN(c2ccc(CC(OC[C@H]3O[C@@H](n4cnc5c(N)nc(Cl)nc54)[C@H](O)[C@]3(C)O)(C(=O)O)C(=O)O)cc2)C(=O)C1. The second kappa shape index (κ2) is 11.3. The van der Waals surface area contributed by atoms with Gasteiger partial charge in [0.25, 0.3) is 5.60 Å². The Balaban J connectivity index is 1.35. The zero-order chi connectivity index (χ0) is 31.3. The maximum Gasteiger partial charge on any atom is 0.348 e. The van der Waals surface area contributed by atoms with Crippen LogP contribution in [-0.2, 0) is 30.3 Å². The van der Waals surface area contributed by atoms with Crippen molar-refractivity contribution in [2.45, 2.75) is 43.0 Å². The number of piperazine rings is 1. The van der Waals surface area contributed by atoms with Gasteiger partial charge in [-0.25, -0.2) is 14.6 Å². The Bertz CT molecular complexity index is 1550. The molecule has 5 rings (SSSR count). The highest BCUT2D eigenvalue weighted by Crippen LogP contribution is 2.39. The van der Waals surface area contributed by atoms with Crippen molar-refractivity contribution in [1.29, 1.82) is 0 Å². The largest absolute Gasteiger partial charge is 0.479 e. The van der Waals surface area contributed by atoms with Crippen LogP contribution in [0.3, 0.4) is 0 Å². The van der Waals surface area contributed by atoms with Gasteiger partial charge in [-0.05, 0) is 43.3 Å². The van der Waals surface area contributed by atoms with Gasteiger partial charge in [0.05, 0.1) is 19.5 Å². The quantitative estimate of drug-likeness (QED) is 0.151. The van der Waals surface area contributed by atoms with Crippen molar-refractivity contribution >= 4 is 52.1 Å². The number of nitrogens with zero attached hydrogens (tertiary/aromatic N) is 6. The molecule has 4 heterocycles. The Labute approximate surface area is 249 Å². The smallest absolute Gasteiger partial charge is 0.348 e. The van der Waals surface area contributed by atoms with Gasteiger partial charge in [-0.2, -0.15) is 9.97 Å². The molecule has 16 nitrogen and oxygen atoms in total. The molecule has 1 aromatic carbocycles. The van der Waals surface area contributed by atoms with Crippen LogP contribution in [-0.4, -0.2) is 119 Å². The molecule has 1 amide bonds. The number of hydrogen-bond donors (Lipinski definition) is 5. The maximum absolute atomic E-state index is 12.4. The molecule has 2 aliphatic heterocycles. The van der Waals surface area contributed by atoms with Gasteiger partial charge in [-0.3, -0.25) is 14.3 Å². The molecule has 17 heteroatoms. The minimum absolute atomic E-state index is 0.0243. The van der Waals surface area contributed by atoms with Crippen molar-refractivity contribution in [2.24, 2.45) is 0 Å². The third kappa shape index (κ3) is 5.48. The molecule has 3 aromatic rings. The summed E-state index contributed by atoms with van der Waals surface area (Å²) in [6.45, 7) is 1.92. The number of rotatable bonds is 9. The third-order valence-corrected chi connectivity index (χ3v) is 7.97. The lowest BCUT2D eigenvalue weighted by molar-refractivity contribution is -0.192. The topological polar surface area (TPSA) is 227 Å². The molecule has 0 unspecified atom stereocenters. The van der Waals surface area contributed by atoms with Crippen molar-refractivity contribution in [2.75, 3.05) is 43.9 Å². The molecule has 4 atom stereocenters. The number of nitrogen functional groups attached to an aromatic ring is 1. The van der Waals surface area contributed by atoms with E-state index in [0.29, 0.717) is 24.3 Å². The predicted molar refractivity (Wildman–Crippen MR) is 149 cm³/mol. The second-order valence-corrected chi connectivity index (χ2v) is 11.1. The highest BCUT2D eigenvalue weighted by molar-refractivity contribution is 6.28. The zero-order valence-electron chi connectivity index (χ0n) is 23.1. The maximum atomic E-state index is 12.4. The average Bonchev–Trinajstić information content (AvgIpc) is 3.45. The molecule has 2 saturated heterocycles. The molecule has 0 radical (unpaired) electrons. The van der Waals surface area contributed by atoms with Crippen molar-refractivity contribution in [3.05, 3.63) is 41.4 Å². The number of ether oxygens (including phenoxy) is 2. The number of aliphatic hydroxyl groups is 2. The van der Waals surface area contributed by atoms with Crippen molar-refractivity contribution in [3.8, 4) is 0 Å². The number of imidazole rings is 1. The van der Waals surface area contributed by atoms with Crippen LogP contribution in [0.2, 0.25) is 5.28 Å². The van der Waals surface area contributed by atoms with Crippen LogP contribution in [0, 0.1) is 0 Å². The second-order valence-electron chi connectivity index (χ2n) is 10.8. The van der Waals surface area contributed by atoms with E-state index in [9.17, 15) is 34.8 Å². The summed E-state index contributed by atoms with van der Waals surface area (Å²) in [6, 6.07) is 6.26. The number of nitrogens with two attached hydrogens (primary N) is 1. The fourth-order valence-corrected chi connectivity index (χ4v) is 5.33. The first-order valence-electron chi connectivity index (χ1n) is 13.1. The minimum Gasteiger partial charge on any atom is -0.479 e. The number of carbonyl (C=O) groups excluding carboxylic acids is 1. The number of amides is 1. The first kappa shape index (κ1) is 30.5. The van der Waals surface area contributed by atoms with Gasteiger partial charge in [-0.1, -0.05) is 12.1 Å². The molecular formula is C26H30ClN7O9. The van der Waals surface area contributed by atoms with Crippen LogP contribution in [0.15, 0.2) is 30.6 Å². The molecule has 2 aliphatic rings. The molecule has 2 fully saturated rings. The van der Waals surface area contributed by atoms with E-state index in [1.54, 1.807) is 17.0 Å². The highest BCUT2D eigenvalue weighted by Gasteiger charge is 2.56. The normalized spacial score (nSPS) is 25.0. The number of carboxylic acid groups (broad SMARTS) is 2. The Hall–Kier alpha value is -3.93. The molecule has 0 bridgehead atoms. The number of fused-ring (bicyclic) bond motifs is 1. The van der Waals surface area contributed by atoms with E-state index >= 15 is 0 Å². The number of carboxylic acids is 2. The van der Waals surface area contributed by atoms with Gasteiger partial charge in [0.15, 0.2) is 17.7 Å². The molecule has 0 spiro atoms. The lowest BCUT2D eigenvalue weighted by Gasteiger charge is -2.32. The molecule has 6 N–H and O–H groups in total. The van der Waals surface area contributed by atoms with Crippen LogP contribution in [0.5, 0.6) is 0 Å². The number of aromatic nitrogens is 4. The summed E-state index contributed by atoms with van der Waals surface area (Å²) in [5.74, 6) is -3.68. The number of carbonyl (C=O) groups is 3. The number of likely N-dealkylation sites (N-methyl/N-ethyl adjacent to an activating group) is 1. The number of halogens is 1. The fraction of sp³-hybridized carbons (Fsp3) is 0.462. The molecule has 0 aliphatic carbocycles. The lowest BCUT2D eigenvalue weighted by atomic mass is 9.92. The number of benzene rings is 1. The van der Waals surface area contributed by atoms with E-state index in [0.717, 1.165) is 0 Å². The summed E-state index contributed by atoms with van der Waals surface area (Å²) in [5.41, 5.74) is 2.22.